The molecule has 0 saturated heterocycles. The van der Waals surface area contributed by atoms with E-state index in [0.717, 1.165) is 9.13 Å². The van der Waals surface area contributed by atoms with E-state index in [1.54, 1.807) is 6.92 Å². The molecule has 0 radical (unpaired) electrons. The van der Waals surface area contributed by atoms with Gasteiger partial charge >= 0.3 is 0 Å². The topological polar surface area (TPSA) is 55.2 Å². The number of halogens is 3. The van der Waals surface area contributed by atoms with Gasteiger partial charge in [0.25, 0.3) is 5.69 Å². The lowest BCUT2D eigenvalue weighted by molar-refractivity contribution is -0.384. The molecule has 0 bridgehead atoms. The van der Waals surface area contributed by atoms with Crippen LogP contribution in [0.2, 0.25) is 0 Å². The van der Waals surface area contributed by atoms with Gasteiger partial charge < -0.3 is 5.32 Å². The van der Waals surface area contributed by atoms with Crippen molar-refractivity contribution < 1.29 is 13.7 Å². The van der Waals surface area contributed by atoms with Gasteiger partial charge in [-0.05, 0) is 47.2 Å². The Morgan fingerprint density at radius 3 is 2.43 bits per heavy atom. The average molecular weight is 404 g/mol. The van der Waals surface area contributed by atoms with E-state index in [4.69, 9.17) is 0 Å². The minimum absolute atomic E-state index is 0.313. The SMILES string of the molecule is CC(Nc1c(F)cc(F)cc1[N+](=O)[O-])c1ccc(I)cc1. The second-order valence-corrected chi connectivity index (χ2v) is 5.70. The van der Waals surface area contributed by atoms with Crippen molar-refractivity contribution in [2.45, 2.75) is 13.0 Å². The fraction of sp³-hybridized carbons (Fsp3) is 0.143. The molecule has 21 heavy (non-hydrogen) atoms. The first-order valence-electron chi connectivity index (χ1n) is 6.04. The molecule has 0 heterocycles. The third kappa shape index (κ3) is 3.66. The van der Waals surface area contributed by atoms with Crippen molar-refractivity contribution in [3.8, 4) is 0 Å². The van der Waals surface area contributed by atoms with E-state index in [0.29, 0.717) is 12.1 Å². The highest BCUT2D eigenvalue weighted by atomic mass is 127. The highest BCUT2D eigenvalue weighted by molar-refractivity contribution is 14.1. The van der Waals surface area contributed by atoms with Crippen LogP contribution in [-0.4, -0.2) is 4.92 Å². The lowest BCUT2D eigenvalue weighted by Gasteiger charge is -2.16. The first-order chi connectivity index (χ1) is 9.88. The second kappa shape index (κ2) is 6.33. The van der Waals surface area contributed by atoms with Gasteiger partial charge in [0.05, 0.1) is 11.0 Å². The lowest BCUT2D eigenvalue weighted by atomic mass is 10.1. The van der Waals surface area contributed by atoms with Crippen LogP contribution in [0.15, 0.2) is 36.4 Å². The zero-order valence-electron chi connectivity index (χ0n) is 10.9. The first kappa shape index (κ1) is 15.6. The third-order valence-electron chi connectivity index (χ3n) is 2.96. The van der Waals surface area contributed by atoms with Gasteiger partial charge in [0.2, 0.25) is 0 Å². The summed E-state index contributed by atoms with van der Waals surface area (Å²) in [7, 11) is 0. The molecule has 1 N–H and O–H groups in total. The van der Waals surface area contributed by atoms with E-state index < -0.39 is 22.2 Å². The Morgan fingerprint density at radius 2 is 1.86 bits per heavy atom. The van der Waals surface area contributed by atoms with Gasteiger partial charge in [-0.2, -0.15) is 0 Å². The number of rotatable bonds is 4. The summed E-state index contributed by atoms with van der Waals surface area (Å²) in [4.78, 5) is 10.1. The molecule has 0 aromatic heterocycles. The molecule has 2 aromatic carbocycles. The number of nitrogens with zero attached hydrogens (tertiary/aromatic N) is 1. The maximum absolute atomic E-state index is 13.8. The molecule has 1 unspecified atom stereocenters. The Kier molecular flexibility index (Phi) is 4.71. The lowest BCUT2D eigenvalue weighted by Crippen LogP contribution is -2.10. The van der Waals surface area contributed by atoms with Crippen LogP contribution in [0.1, 0.15) is 18.5 Å². The minimum Gasteiger partial charge on any atom is -0.371 e. The number of nitro groups is 1. The monoisotopic (exact) mass is 404 g/mol. The Hall–Kier alpha value is -1.77. The number of anilines is 1. The highest BCUT2D eigenvalue weighted by Crippen LogP contribution is 2.31. The van der Waals surface area contributed by atoms with E-state index in [1.165, 1.54) is 0 Å². The summed E-state index contributed by atoms with van der Waals surface area (Å²) < 4.78 is 27.9. The quantitative estimate of drug-likeness (QED) is 0.459. The van der Waals surface area contributed by atoms with Crippen LogP contribution < -0.4 is 5.32 Å². The standard InChI is InChI=1S/C14H11F2IN2O2/c1-8(9-2-4-11(17)5-3-9)18-14-12(16)6-10(15)7-13(14)19(20)21/h2-8,18H,1H3. The molecule has 1 atom stereocenters. The van der Waals surface area contributed by atoms with E-state index >= 15 is 0 Å². The number of benzene rings is 2. The Morgan fingerprint density at radius 1 is 1.24 bits per heavy atom. The fourth-order valence-electron chi connectivity index (χ4n) is 1.90. The largest absolute Gasteiger partial charge is 0.371 e. The molecular weight excluding hydrogens is 393 g/mol. The molecule has 7 heteroatoms. The van der Waals surface area contributed by atoms with Crippen LogP contribution in [0, 0.1) is 25.3 Å². The number of nitrogens with one attached hydrogen (secondary N) is 1. The van der Waals surface area contributed by atoms with Crippen LogP contribution in [0.25, 0.3) is 0 Å². The minimum atomic E-state index is -0.987. The van der Waals surface area contributed by atoms with Crippen molar-refractivity contribution >= 4 is 34.0 Å². The van der Waals surface area contributed by atoms with Crippen LogP contribution in [0.3, 0.4) is 0 Å². The third-order valence-corrected chi connectivity index (χ3v) is 3.68. The summed E-state index contributed by atoms with van der Waals surface area (Å²) in [5.41, 5.74) is -0.0919. The van der Waals surface area contributed by atoms with E-state index in [2.05, 4.69) is 27.9 Å². The molecule has 0 aliphatic carbocycles. The van der Waals surface area contributed by atoms with Crippen molar-refractivity contribution in [1.29, 1.82) is 0 Å². The summed E-state index contributed by atoms with van der Waals surface area (Å²) in [5, 5.41) is 13.7. The normalized spacial score (nSPS) is 12.0. The predicted octanol–water partition coefficient (Wildman–Crippen LogP) is 4.65. The van der Waals surface area contributed by atoms with Gasteiger partial charge in [0.1, 0.15) is 11.5 Å². The molecule has 110 valence electrons. The predicted molar refractivity (Wildman–Crippen MR) is 84.2 cm³/mol. The van der Waals surface area contributed by atoms with Gasteiger partial charge in [0.15, 0.2) is 5.82 Å². The summed E-state index contributed by atoms with van der Waals surface area (Å²) in [5.74, 6) is -1.97. The zero-order chi connectivity index (χ0) is 15.6. The summed E-state index contributed by atoms with van der Waals surface area (Å²) in [6.45, 7) is 1.74. The molecule has 2 rings (SSSR count). The van der Waals surface area contributed by atoms with Gasteiger partial charge in [-0.25, -0.2) is 8.78 Å². The molecule has 0 saturated carbocycles. The first-order valence-corrected chi connectivity index (χ1v) is 7.12. The maximum Gasteiger partial charge on any atom is 0.298 e. The van der Waals surface area contributed by atoms with Gasteiger partial charge in [-0.15, -0.1) is 0 Å². The van der Waals surface area contributed by atoms with E-state index in [9.17, 15) is 18.9 Å². The highest BCUT2D eigenvalue weighted by Gasteiger charge is 2.22. The van der Waals surface area contributed by atoms with Gasteiger partial charge in [-0.1, -0.05) is 12.1 Å². The summed E-state index contributed by atoms with van der Waals surface area (Å²) >= 11 is 2.16. The molecule has 0 amide bonds. The average Bonchev–Trinajstić information content (AvgIpc) is 2.41. The molecule has 2 aromatic rings. The smallest absolute Gasteiger partial charge is 0.298 e. The number of hydrogen-bond donors (Lipinski definition) is 1. The Bertz CT molecular complexity index is 677. The summed E-state index contributed by atoms with van der Waals surface area (Å²) in [6.07, 6.45) is 0. The van der Waals surface area contributed by atoms with Crippen LogP contribution >= 0.6 is 22.6 Å². The summed E-state index contributed by atoms with van der Waals surface area (Å²) in [6, 6.07) is 8.40. The number of hydrogen-bond acceptors (Lipinski definition) is 3. The van der Waals surface area contributed by atoms with Crippen molar-refractivity contribution in [1.82, 2.24) is 0 Å². The fourth-order valence-corrected chi connectivity index (χ4v) is 2.26. The van der Waals surface area contributed by atoms with Gasteiger partial charge in [0, 0.05) is 15.7 Å². The Balaban J connectivity index is 2.34. The second-order valence-electron chi connectivity index (χ2n) is 4.46. The van der Waals surface area contributed by atoms with Crippen LogP contribution in [-0.2, 0) is 0 Å². The molecule has 4 nitrogen and oxygen atoms in total. The maximum atomic E-state index is 13.8. The van der Waals surface area contributed by atoms with Crippen molar-refractivity contribution in [3.05, 3.63) is 67.3 Å². The van der Waals surface area contributed by atoms with Crippen molar-refractivity contribution in [3.63, 3.8) is 0 Å². The van der Waals surface area contributed by atoms with Crippen LogP contribution in [0.4, 0.5) is 20.2 Å². The van der Waals surface area contributed by atoms with Gasteiger partial charge in [-0.3, -0.25) is 10.1 Å². The molecule has 0 aliphatic rings. The number of nitro benzene ring substituents is 1. The molecule has 0 aliphatic heterocycles. The zero-order valence-corrected chi connectivity index (χ0v) is 13.1. The van der Waals surface area contributed by atoms with E-state index in [1.807, 2.05) is 24.3 Å². The molecular formula is C14H11F2IN2O2. The van der Waals surface area contributed by atoms with E-state index in [-0.39, 0.29) is 11.7 Å². The van der Waals surface area contributed by atoms with Crippen LogP contribution in [0.5, 0.6) is 0 Å². The Labute approximate surface area is 133 Å². The van der Waals surface area contributed by atoms with Crippen molar-refractivity contribution in [2.24, 2.45) is 0 Å². The molecule has 0 spiro atoms. The van der Waals surface area contributed by atoms with Crippen molar-refractivity contribution in [2.75, 3.05) is 5.32 Å². The molecule has 0 fully saturated rings.